The molecular weight excluding hydrogens is 188 g/mol. The van der Waals surface area contributed by atoms with Crippen molar-refractivity contribution in [2.45, 2.75) is 50.6 Å². The van der Waals surface area contributed by atoms with Crippen LogP contribution in [0.25, 0.3) is 0 Å². The minimum absolute atomic E-state index is 0.372. The predicted molar refractivity (Wildman–Crippen MR) is 60.6 cm³/mol. The van der Waals surface area contributed by atoms with Crippen LogP contribution in [0.4, 0.5) is 0 Å². The summed E-state index contributed by atoms with van der Waals surface area (Å²) >= 11 is 0. The van der Waals surface area contributed by atoms with Gasteiger partial charge < -0.3 is 10.2 Å². The van der Waals surface area contributed by atoms with Crippen LogP contribution in [0.5, 0.6) is 0 Å². The maximum atomic E-state index is 11.9. The highest BCUT2D eigenvalue weighted by Gasteiger charge is 2.35. The Balaban J connectivity index is 1.81. The van der Waals surface area contributed by atoms with Crippen LogP contribution < -0.4 is 5.32 Å². The molecule has 2 aliphatic rings. The molecule has 0 aromatic heterocycles. The summed E-state index contributed by atoms with van der Waals surface area (Å²) in [5, 5.41) is 3.32. The van der Waals surface area contributed by atoms with Crippen molar-refractivity contribution in [1.29, 1.82) is 0 Å². The predicted octanol–water partition coefficient (Wildman–Crippen LogP) is 1.39. The van der Waals surface area contributed by atoms with Crippen molar-refractivity contribution < 1.29 is 4.79 Å². The van der Waals surface area contributed by atoms with Gasteiger partial charge in [0.25, 0.3) is 0 Å². The summed E-state index contributed by atoms with van der Waals surface area (Å²) < 4.78 is 0. The quantitative estimate of drug-likeness (QED) is 0.763. The van der Waals surface area contributed by atoms with E-state index < -0.39 is 0 Å². The summed E-state index contributed by atoms with van der Waals surface area (Å²) in [6.07, 6.45) is 7.00. The summed E-state index contributed by atoms with van der Waals surface area (Å²) in [6, 6.07) is 1.17. The summed E-state index contributed by atoms with van der Waals surface area (Å²) in [4.78, 5) is 13.9. The lowest BCUT2D eigenvalue weighted by molar-refractivity contribution is -0.134. The molecule has 1 amide bonds. The van der Waals surface area contributed by atoms with Gasteiger partial charge in [0.05, 0.1) is 0 Å². The van der Waals surface area contributed by atoms with Crippen LogP contribution in [0.1, 0.15) is 38.5 Å². The van der Waals surface area contributed by atoms with Crippen LogP contribution in [-0.4, -0.2) is 37.0 Å². The fourth-order valence-electron chi connectivity index (χ4n) is 2.55. The molecule has 0 radical (unpaired) electrons. The number of nitrogens with zero attached hydrogens (tertiary/aromatic N) is 1. The SMILES string of the molecule is CNC1CCC(N(C)C(=O)C2CC2)CC1. The first-order valence-electron chi connectivity index (χ1n) is 6.16. The van der Waals surface area contributed by atoms with E-state index in [9.17, 15) is 4.79 Å². The van der Waals surface area contributed by atoms with Gasteiger partial charge in [-0.05, 0) is 45.6 Å². The lowest BCUT2D eigenvalue weighted by Gasteiger charge is -2.34. The minimum atomic E-state index is 0.372. The van der Waals surface area contributed by atoms with Crippen LogP contribution in [-0.2, 0) is 4.79 Å². The summed E-state index contributed by atoms with van der Waals surface area (Å²) in [7, 11) is 4.02. The third-order valence-corrected chi connectivity index (χ3v) is 3.93. The van der Waals surface area contributed by atoms with E-state index in [2.05, 4.69) is 5.32 Å². The van der Waals surface area contributed by atoms with E-state index in [0.29, 0.717) is 23.9 Å². The van der Waals surface area contributed by atoms with Gasteiger partial charge in [-0.15, -0.1) is 0 Å². The van der Waals surface area contributed by atoms with Crippen molar-refractivity contribution in [2.24, 2.45) is 5.92 Å². The van der Waals surface area contributed by atoms with Crippen molar-refractivity contribution >= 4 is 5.91 Å². The zero-order valence-electron chi connectivity index (χ0n) is 9.83. The van der Waals surface area contributed by atoms with E-state index in [0.717, 1.165) is 12.8 Å². The number of rotatable bonds is 3. The maximum Gasteiger partial charge on any atom is 0.225 e. The third kappa shape index (κ3) is 2.51. The maximum absolute atomic E-state index is 11.9. The first-order valence-corrected chi connectivity index (χ1v) is 6.16. The Bertz CT molecular complexity index is 230. The first kappa shape index (κ1) is 10.9. The number of amides is 1. The molecule has 0 bridgehead atoms. The van der Waals surface area contributed by atoms with Gasteiger partial charge in [-0.2, -0.15) is 0 Å². The Morgan fingerprint density at radius 2 is 1.73 bits per heavy atom. The largest absolute Gasteiger partial charge is 0.343 e. The number of hydrogen-bond donors (Lipinski definition) is 1. The van der Waals surface area contributed by atoms with Crippen molar-refractivity contribution in [2.75, 3.05) is 14.1 Å². The van der Waals surface area contributed by atoms with E-state index in [-0.39, 0.29) is 0 Å². The molecule has 0 saturated heterocycles. The van der Waals surface area contributed by atoms with E-state index in [4.69, 9.17) is 0 Å². The normalized spacial score (nSPS) is 31.3. The zero-order chi connectivity index (χ0) is 10.8. The molecular formula is C12H22N2O. The molecule has 2 saturated carbocycles. The van der Waals surface area contributed by atoms with E-state index in [1.54, 1.807) is 0 Å². The second kappa shape index (κ2) is 4.52. The number of carbonyl (C=O) groups is 1. The van der Waals surface area contributed by atoms with Gasteiger partial charge in [-0.25, -0.2) is 0 Å². The van der Waals surface area contributed by atoms with Gasteiger partial charge in [-0.1, -0.05) is 0 Å². The van der Waals surface area contributed by atoms with Crippen LogP contribution in [0, 0.1) is 5.92 Å². The Morgan fingerprint density at radius 1 is 1.13 bits per heavy atom. The van der Waals surface area contributed by atoms with Crippen LogP contribution in [0.3, 0.4) is 0 Å². The Morgan fingerprint density at radius 3 is 2.20 bits per heavy atom. The topological polar surface area (TPSA) is 32.3 Å². The molecule has 0 atom stereocenters. The molecule has 0 aliphatic heterocycles. The lowest BCUT2D eigenvalue weighted by atomic mass is 9.90. The molecule has 1 N–H and O–H groups in total. The fourth-order valence-corrected chi connectivity index (χ4v) is 2.55. The van der Waals surface area contributed by atoms with E-state index in [1.165, 1.54) is 25.7 Å². The lowest BCUT2D eigenvalue weighted by Crippen LogP contribution is -2.43. The molecule has 3 heteroatoms. The second-order valence-electron chi connectivity index (χ2n) is 5.02. The van der Waals surface area contributed by atoms with Gasteiger partial charge in [0.1, 0.15) is 0 Å². The summed E-state index contributed by atoms with van der Waals surface area (Å²) in [6.45, 7) is 0. The zero-order valence-corrected chi connectivity index (χ0v) is 9.83. The molecule has 2 rings (SSSR count). The Labute approximate surface area is 92.2 Å². The van der Waals surface area contributed by atoms with Crippen molar-refractivity contribution in [3.8, 4) is 0 Å². The summed E-state index contributed by atoms with van der Waals surface area (Å²) in [5.74, 6) is 0.764. The Hall–Kier alpha value is -0.570. The second-order valence-corrected chi connectivity index (χ2v) is 5.02. The number of carbonyl (C=O) groups excluding carboxylic acids is 1. The van der Waals surface area contributed by atoms with Crippen molar-refractivity contribution in [3.63, 3.8) is 0 Å². The van der Waals surface area contributed by atoms with Crippen molar-refractivity contribution in [1.82, 2.24) is 10.2 Å². The van der Waals surface area contributed by atoms with Crippen LogP contribution in [0.15, 0.2) is 0 Å². The smallest absolute Gasteiger partial charge is 0.225 e. The molecule has 2 aliphatic carbocycles. The molecule has 3 nitrogen and oxygen atoms in total. The van der Waals surface area contributed by atoms with Crippen LogP contribution in [0.2, 0.25) is 0 Å². The van der Waals surface area contributed by atoms with E-state index in [1.807, 2.05) is 19.0 Å². The molecule has 0 aromatic carbocycles. The number of nitrogens with one attached hydrogen (secondary N) is 1. The number of hydrogen-bond acceptors (Lipinski definition) is 2. The molecule has 15 heavy (non-hydrogen) atoms. The molecule has 0 unspecified atom stereocenters. The highest BCUT2D eigenvalue weighted by Crippen LogP contribution is 2.33. The molecule has 2 fully saturated rings. The molecule has 0 heterocycles. The average molecular weight is 210 g/mol. The average Bonchev–Trinajstić information content (AvgIpc) is 3.11. The fraction of sp³-hybridized carbons (Fsp3) is 0.917. The molecule has 86 valence electrons. The van der Waals surface area contributed by atoms with Crippen molar-refractivity contribution in [3.05, 3.63) is 0 Å². The third-order valence-electron chi connectivity index (χ3n) is 3.93. The summed E-state index contributed by atoms with van der Waals surface area (Å²) in [5.41, 5.74) is 0. The molecule has 0 aromatic rings. The van der Waals surface area contributed by atoms with Gasteiger partial charge in [0, 0.05) is 25.0 Å². The van der Waals surface area contributed by atoms with Gasteiger partial charge in [0.2, 0.25) is 5.91 Å². The van der Waals surface area contributed by atoms with Crippen LogP contribution >= 0.6 is 0 Å². The molecule has 0 spiro atoms. The standard InChI is InChI=1S/C12H22N2O/c1-13-10-5-7-11(8-6-10)14(2)12(15)9-3-4-9/h9-11,13H,3-8H2,1-2H3. The van der Waals surface area contributed by atoms with Gasteiger partial charge in [0.15, 0.2) is 0 Å². The van der Waals surface area contributed by atoms with E-state index >= 15 is 0 Å². The first-order chi connectivity index (χ1) is 7.22. The highest BCUT2D eigenvalue weighted by atomic mass is 16.2. The van der Waals surface area contributed by atoms with Gasteiger partial charge in [-0.3, -0.25) is 4.79 Å². The minimum Gasteiger partial charge on any atom is -0.343 e. The monoisotopic (exact) mass is 210 g/mol. The Kier molecular flexibility index (Phi) is 3.29. The van der Waals surface area contributed by atoms with Gasteiger partial charge >= 0.3 is 0 Å². The highest BCUT2D eigenvalue weighted by molar-refractivity contribution is 5.81.